The van der Waals surface area contributed by atoms with Gasteiger partial charge in [0.15, 0.2) is 16.6 Å². The Bertz CT molecular complexity index is 508. The number of aliphatic hydroxyl groups is 1. The molecule has 1 N–H and O–H groups in total. The molecule has 0 radical (unpaired) electrons. The van der Waals surface area contributed by atoms with Gasteiger partial charge in [-0.25, -0.2) is 4.79 Å². The van der Waals surface area contributed by atoms with Crippen LogP contribution in [0.1, 0.15) is 33.1 Å². The molecule has 0 heterocycles. The van der Waals surface area contributed by atoms with Crippen LogP contribution >= 0.6 is 0 Å². The lowest BCUT2D eigenvalue weighted by Gasteiger charge is -2.38. The molecule has 0 aliphatic heterocycles. The number of ether oxygens (including phenoxy) is 2. The van der Waals surface area contributed by atoms with E-state index in [2.05, 4.69) is 52.8 Å². The highest BCUT2D eigenvalue weighted by molar-refractivity contribution is 6.87. The van der Waals surface area contributed by atoms with Gasteiger partial charge in [-0.15, -0.1) is 0 Å². The first-order chi connectivity index (χ1) is 13.2. The second-order valence-electron chi connectivity index (χ2n) is 9.40. The molecule has 0 saturated heterocycles. The Morgan fingerprint density at radius 2 is 1.52 bits per heavy atom. The van der Waals surface area contributed by atoms with E-state index in [9.17, 15) is 9.90 Å². The second-order valence-corrected chi connectivity index (χ2v) is 21.9. The van der Waals surface area contributed by atoms with Gasteiger partial charge < -0.3 is 22.8 Å². The van der Waals surface area contributed by atoms with E-state index in [0.717, 1.165) is 12.5 Å². The number of carbonyl (C=O) groups excluding carboxylic acids is 1. The summed E-state index contributed by atoms with van der Waals surface area (Å²) in [5.74, 6) is -0.507. The van der Waals surface area contributed by atoms with Crippen molar-refractivity contribution in [3.05, 3.63) is 12.2 Å². The molecule has 0 spiro atoms. The fraction of sp³-hybridized carbons (Fsp3) is 0.850. The van der Waals surface area contributed by atoms with Gasteiger partial charge in [0.25, 0.3) is 0 Å². The average molecular weight is 465 g/mol. The van der Waals surface area contributed by atoms with E-state index < -0.39 is 37.3 Å². The second kappa shape index (κ2) is 13.2. The van der Waals surface area contributed by atoms with Crippen molar-refractivity contribution in [1.29, 1.82) is 0 Å². The van der Waals surface area contributed by atoms with Crippen LogP contribution in [0.25, 0.3) is 0 Å². The maximum Gasteiger partial charge on any atom is 0.333 e. The Hall–Kier alpha value is -0.299. The number of hydrogen-bond donors (Lipinski definition) is 1. The average Bonchev–Trinajstić information content (AvgIpc) is 2.56. The summed E-state index contributed by atoms with van der Waals surface area (Å²) in [5.41, 5.74) is 0.309. The number of unbranched alkanes of at least 4 members (excludes halogenated alkanes) is 1. The van der Waals surface area contributed by atoms with Gasteiger partial charge in [0, 0.05) is 12.2 Å². The molecule has 1 unspecified atom stereocenters. The summed E-state index contributed by atoms with van der Waals surface area (Å²) < 4.78 is 23.9. The molecule has 0 bridgehead atoms. The molecule has 0 aromatic rings. The van der Waals surface area contributed by atoms with E-state index >= 15 is 0 Å². The predicted molar refractivity (Wildman–Crippen MR) is 126 cm³/mol. The van der Waals surface area contributed by atoms with Crippen LogP contribution in [-0.2, 0) is 22.5 Å². The molecule has 0 fully saturated rings. The van der Waals surface area contributed by atoms with Crippen LogP contribution in [0.4, 0.5) is 0 Å². The fourth-order valence-electron chi connectivity index (χ4n) is 3.25. The molecule has 172 valence electrons. The quantitative estimate of drug-likeness (QED) is 0.153. The van der Waals surface area contributed by atoms with Gasteiger partial charge in [0.05, 0.1) is 13.2 Å². The van der Waals surface area contributed by atoms with Gasteiger partial charge in [-0.1, -0.05) is 26.3 Å². The molecule has 0 rings (SSSR count). The number of esters is 1. The first-order valence-electron chi connectivity index (χ1n) is 10.7. The highest BCUT2D eigenvalue weighted by Gasteiger charge is 2.39. The fourth-order valence-corrected chi connectivity index (χ4v) is 17.5. The first-order valence-corrected chi connectivity index (χ1v) is 19.7. The molecule has 0 aromatic heterocycles. The molecule has 1 atom stereocenters. The molecule has 6 nitrogen and oxygen atoms in total. The SMILES string of the molecule is C=C(C)C(=O)OC(CO)COCCC[Si](C)(C)O[Si](C)(C)O[Si](C)(C)CCCC. The minimum Gasteiger partial charge on any atom is -0.454 e. The van der Waals surface area contributed by atoms with E-state index in [4.69, 9.17) is 17.7 Å². The van der Waals surface area contributed by atoms with Crippen LogP contribution in [0.15, 0.2) is 12.2 Å². The maximum atomic E-state index is 11.5. The largest absolute Gasteiger partial charge is 0.454 e. The lowest BCUT2D eigenvalue weighted by molar-refractivity contribution is -0.149. The summed E-state index contributed by atoms with van der Waals surface area (Å²) in [6.07, 6.45) is 2.63. The van der Waals surface area contributed by atoms with E-state index in [1.54, 1.807) is 6.92 Å². The van der Waals surface area contributed by atoms with E-state index in [1.165, 1.54) is 18.9 Å². The Balaban J connectivity index is 4.34. The van der Waals surface area contributed by atoms with Crippen molar-refractivity contribution < 1.29 is 27.6 Å². The molecule has 0 amide bonds. The van der Waals surface area contributed by atoms with Gasteiger partial charge in [-0.3, -0.25) is 0 Å². The third kappa shape index (κ3) is 14.4. The molecular formula is C20H44O6Si3. The Morgan fingerprint density at radius 1 is 1.00 bits per heavy atom. The van der Waals surface area contributed by atoms with Gasteiger partial charge in [-0.2, -0.15) is 0 Å². The first kappa shape index (κ1) is 28.7. The number of carbonyl (C=O) groups is 1. The smallest absolute Gasteiger partial charge is 0.333 e. The van der Waals surface area contributed by atoms with Gasteiger partial charge in [0.2, 0.25) is 0 Å². The lowest BCUT2D eigenvalue weighted by Crippen LogP contribution is -2.52. The molecule has 0 aliphatic carbocycles. The van der Waals surface area contributed by atoms with Crippen molar-refractivity contribution in [1.82, 2.24) is 0 Å². The summed E-state index contributed by atoms with van der Waals surface area (Å²) in [6.45, 7) is 21.2. The Labute approximate surface area is 181 Å². The molecular weight excluding hydrogens is 420 g/mol. The molecule has 9 heteroatoms. The van der Waals surface area contributed by atoms with Crippen LogP contribution in [0.2, 0.25) is 51.4 Å². The molecule has 0 aromatic carbocycles. The van der Waals surface area contributed by atoms with Gasteiger partial charge in [-0.05, 0) is 64.7 Å². The highest BCUT2D eigenvalue weighted by Crippen LogP contribution is 2.26. The number of rotatable bonds is 16. The van der Waals surface area contributed by atoms with Crippen molar-refractivity contribution in [3.8, 4) is 0 Å². The van der Waals surface area contributed by atoms with Crippen molar-refractivity contribution >= 4 is 31.2 Å². The number of hydrogen-bond acceptors (Lipinski definition) is 6. The third-order valence-corrected chi connectivity index (χ3v) is 15.8. The van der Waals surface area contributed by atoms with E-state index in [-0.39, 0.29) is 13.2 Å². The highest BCUT2D eigenvalue weighted by atomic mass is 28.5. The van der Waals surface area contributed by atoms with Crippen molar-refractivity contribution in [2.75, 3.05) is 19.8 Å². The topological polar surface area (TPSA) is 74.2 Å². The Kier molecular flexibility index (Phi) is 13.0. The molecule has 0 aliphatic rings. The van der Waals surface area contributed by atoms with Crippen molar-refractivity contribution in [2.24, 2.45) is 0 Å². The van der Waals surface area contributed by atoms with Crippen LogP contribution in [0.3, 0.4) is 0 Å². The zero-order valence-electron chi connectivity index (χ0n) is 19.9. The van der Waals surface area contributed by atoms with Crippen LogP contribution in [0, 0.1) is 0 Å². The summed E-state index contributed by atoms with van der Waals surface area (Å²) in [7, 11) is -5.70. The zero-order chi connectivity index (χ0) is 22.7. The summed E-state index contributed by atoms with van der Waals surface area (Å²) >= 11 is 0. The normalized spacial score (nSPS) is 14.0. The predicted octanol–water partition coefficient (Wildman–Crippen LogP) is 4.82. The van der Waals surface area contributed by atoms with Crippen molar-refractivity contribution in [2.45, 2.75) is 90.6 Å². The van der Waals surface area contributed by atoms with E-state index in [0.29, 0.717) is 12.2 Å². The van der Waals surface area contributed by atoms with Crippen LogP contribution < -0.4 is 0 Å². The van der Waals surface area contributed by atoms with Crippen LogP contribution in [-0.4, -0.2) is 62.2 Å². The Morgan fingerprint density at radius 3 is 1.97 bits per heavy atom. The summed E-state index contributed by atoms with van der Waals surface area (Å²) in [4.78, 5) is 11.5. The minimum absolute atomic E-state index is 0.179. The van der Waals surface area contributed by atoms with E-state index in [1.807, 2.05) is 0 Å². The monoisotopic (exact) mass is 464 g/mol. The van der Waals surface area contributed by atoms with Gasteiger partial charge in [0.1, 0.15) is 6.10 Å². The molecule has 29 heavy (non-hydrogen) atoms. The van der Waals surface area contributed by atoms with Crippen LogP contribution in [0.5, 0.6) is 0 Å². The minimum atomic E-state index is -2.16. The third-order valence-electron chi connectivity index (χ3n) is 4.37. The lowest BCUT2D eigenvalue weighted by atomic mass is 10.3. The molecule has 0 saturated carbocycles. The maximum absolute atomic E-state index is 11.5. The van der Waals surface area contributed by atoms with Crippen molar-refractivity contribution in [3.63, 3.8) is 0 Å². The summed E-state index contributed by atoms with van der Waals surface area (Å²) in [5, 5.41) is 9.31. The number of aliphatic hydroxyl groups excluding tert-OH is 1. The zero-order valence-corrected chi connectivity index (χ0v) is 22.9. The van der Waals surface area contributed by atoms with Gasteiger partial charge >= 0.3 is 14.5 Å². The summed E-state index contributed by atoms with van der Waals surface area (Å²) in [6, 6.07) is 2.15. The standard InChI is InChI=1S/C20H44O6Si3/c1-10-11-14-27(4,5)25-29(8,9)26-28(6,7)15-12-13-23-17-19(16-21)24-20(22)18(2)3/h19,21H,2,10-17H2,1,3-9H3.